The fourth-order valence-corrected chi connectivity index (χ4v) is 2.26. The number of halogens is 1. The first kappa shape index (κ1) is 18.0. The molecule has 0 atom stereocenters. The predicted octanol–water partition coefficient (Wildman–Crippen LogP) is 3.35. The summed E-state index contributed by atoms with van der Waals surface area (Å²) in [5.41, 5.74) is 0. The second-order valence-electron chi connectivity index (χ2n) is 5.68. The van der Waals surface area contributed by atoms with Crippen LogP contribution in [0.1, 0.15) is 46.5 Å². The molecule has 0 aliphatic carbocycles. The Balaban J connectivity index is 0.00000289. The summed E-state index contributed by atoms with van der Waals surface area (Å²) in [6.45, 7) is 10.3. The molecule has 1 aliphatic rings. The van der Waals surface area contributed by atoms with Crippen LogP contribution in [-0.2, 0) is 0 Å². The predicted molar refractivity (Wildman–Crippen MR) is 90.8 cm³/mol. The van der Waals surface area contributed by atoms with E-state index in [1.54, 1.807) is 0 Å². The smallest absolute Gasteiger partial charge is 0.193 e. The molecule has 4 heteroatoms. The zero-order valence-electron chi connectivity index (χ0n) is 12.4. The Bertz CT molecular complexity index is 233. The van der Waals surface area contributed by atoms with Crippen LogP contribution in [0.25, 0.3) is 0 Å². The number of nitrogens with zero attached hydrogens (tertiary/aromatic N) is 2. The number of likely N-dealkylation sites (tertiary alicyclic amines) is 1. The van der Waals surface area contributed by atoms with Crippen LogP contribution in [0.15, 0.2) is 4.99 Å². The SMILES string of the molecule is CN=C(NCCCC(C)C)N1CCC(C)CC1.I. The Hall–Kier alpha value is 0. The number of hydrogen-bond acceptors (Lipinski definition) is 1. The molecule has 0 bridgehead atoms. The van der Waals surface area contributed by atoms with Gasteiger partial charge in [-0.25, -0.2) is 0 Å². The van der Waals surface area contributed by atoms with E-state index in [9.17, 15) is 0 Å². The lowest BCUT2D eigenvalue weighted by molar-refractivity contribution is 0.273. The molecule has 18 heavy (non-hydrogen) atoms. The maximum atomic E-state index is 4.38. The van der Waals surface area contributed by atoms with Crippen LogP contribution >= 0.6 is 24.0 Å². The second-order valence-corrected chi connectivity index (χ2v) is 5.68. The molecule has 1 rings (SSSR count). The molecule has 0 aromatic rings. The lowest BCUT2D eigenvalue weighted by Gasteiger charge is -2.33. The molecule has 108 valence electrons. The number of rotatable bonds is 4. The highest BCUT2D eigenvalue weighted by Gasteiger charge is 2.17. The minimum absolute atomic E-state index is 0. The third-order valence-corrected chi connectivity index (χ3v) is 3.54. The van der Waals surface area contributed by atoms with Gasteiger partial charge in [0, 0.05) is 26.7 Å². The molecule has 1 heterocycles. The van der Waals surface area contributed by atoms with E-state index in [1.807, 2.05) is 7.05 Å². The summed E-state index contributed by atoms with van der Waals surface area (Å²) in [6, 6.07) is 0. The van der Waals surface area contributed by atoms with Crippen LogP contribution in [0.2, 0.25) is 0 Å². The third kappa shape index (κ3) is 6.81. The van der Waals surface area contributed by atoms with Gasteiger partial charge in [0.15, 0.2) is 5.96 Å². The van der Waals surface area contributed by atoms with E-state index in [0.717, 1.165) is 37.4 Å². The molecule has 0 unspecified atom stereocenters. The summed E-state index contributed by atoms with van der Waals surface area (Å²) in [6.07, 6.45) is 5.13. The molecular formula is C14H30IN3. The third-order valence-electron chi connectivity index (χ3n) is 3.54. The molecule has 0 saturated carbocycles. The number of aliphatic imine (C=N–C) groups is 1. The van der Waals surface area contributed by atoms with E-state index in [2.05, 4.69) is 36.0 Å². The Morgan fingerprint density at radius 2 is 1.94 bits per heavy atom. The van der Waals surface area contributed by atoms with Gasteiger partial charge in [0.1, 0.15) is 0 Å². The first-order chi connectivity index (χ1) is 8.13. The first-order valence-corrected chi connectivity index (χ1v) is 7.09. The van der Waals surface area contributed by atoms with Crippen LogP contribution in [0.5, 0.6) is 0 Å². The molecule has 1 saturated heterocycles. The van der Waals surface area contributed by atoms with Gasteiger partial charge in [0.25, 0.3) is 0 Å². The van der Waals surface area contributed by atoms with Crippen molar-refractivity contribution in [3.8, 4) is 0 Å². The molecule has 1 fully saturated rings. The van der Waals surface area contributed by atoms with E-state index < -0.39 is 0 Å². The van der Waals surface area contributed by atoms with Crippen molar-refractivity contribution in [3.05, 3.63) is 0 Å². The van der Waals surface area contributed by atoms with Gasteiger partial charge in [-0.15, -0.1) is 24.0 Å². The normalized spacial score (nSPS) is 17.8. The largest absolute Gasteiger partial charge is 0.356 e. The summed E-state index contributed by atoms with van der Waals surface area (Å²) < 4.78 is 0. The lowest BCUT2D eigenvalue weighted by atomic mass is 9.99. The van der Waals surface area contributed by atoms with Crippen molar-refractivity contribution in [3.63, 3.8) is 0 Å². The summed E-state index contributed by atoms with van der Waals surface area (Å²) in [4.78, 5) is 6.78. The van der Waals surface area contributed by atoms with E-state index in [4.69, 9.17) is 0 Å². The number of hydrogen-bond donors (Lipinski definition) is 1. The highest BCUT2D eigenvalue weighted by atomic mass is 127. The summed E-state index contributed by atoms with van der Waals surface area (Å²) in [7, 11) is 1.89. The van der Waals surface area contributed by atoms with Crippen molar-refractivity contribution < 1.29 is 0 Å². The van der Waals surface area contributed by atoms with E-state index >= 15 is 0 Å². The Morgan fingerprint density at radius 3 is 2.44 bits per heavy atom. The molecule has 0 spiro atoms. The van der Waals surface area contributed by atoms with Gasteiger partial charge in [0.2, 0.25) is 0 Å². The molecule has 1 N–H and O–H groups in total. The van der Waals surface area contributed by atoms with Crippen LogP contribution in [0.3, 0.4) is 0 Å². The van der Waals surface area contributed by atoms with Gasteiger partial charge < -0.3 is 10.2 Å². The van der Waals surface area contributed by atoms with E-state index in [0.29, 0.717) is 0 Å². The van der Waals surface area contributed by atoms with Crippen molar-refractivity contribution in [2.24, 2.45) is 16.8 Å². The standard InChI is InChI=1S/C14H29N3.HI/c1-12(2)6-5-9-16-14(15-4)17-10-7-13(3)8-11-17;/h12-13H,5-11H2,1-4H3,(H,15,16);1H. The van der Waals surface area contributed by atoms with Crippen molar-refractivity contribution in [2.45, 2.75) is 46.5 Å². The molecule has 0 radical (unpaired) electrons. The van der Waals surface area contributed by atoms with Gasteiger partial charge >= 0.3 is 0 Å². The number of nitrogens with one attached hydrogen (secondary N) is 1. The topological polar surface area (TPSA) is 27.6 Å². The van der Waals surface area contributed by atoms with Crippen molar-refractivity contribution >= 4 is 29.9 Å². The highest BCUT2D eigenvalue weighted by molar-refractivity contribution is 14.0. The zero-order chi connectivity index (χ0) is 12.7. The number of piperidine rings is 1. The van der Waals surface area contributed by atoms with Crippen LogP contribution in [0.4, 0.5) is 0 Å². The summed E-state index contributed by atoms with van der Waals surface area (Å²) in [5, 5.41) is 3.49. The molecular weight excluding hydrogens is 337 g/mol. The molecule has 0 aromatic heterocycles. The van der Waals surface area contributed by atoms with Crippen molar-refractivity contribution in [2.75, 3.05) is 26.7 Å². The maximum Gasteiger partial charge on any atom is 0.193 e. The lowest BCUT2D eigenvalue weighted by Crippen LogP contribution is -2.45. The van der Waals surface area contributed by atoms with Gasteiger partial charge in [-0.3, -0.25) is 4.99 Å². The van der Waals surface area contributed by atoms with Crippen LogP contribution < -0.4 is 5.32 Å². The molecule has 1 aliphatic heterocycles. The van der Waals surface area contributed by atoms with E-state index in [1.165, 1.54) is 25.7 Å². The van der Waals surface area contributed by atoms with Crippen molar-refractivity contribution in [1.82, 2.24) is 10.2 Å². The van der Waals surface area contributed by atoms with Gasteiger partial charge in [-0.2, -0.15) is 0 Å². The Labute approximate surface area is 130 Å². The Kier molecular flexibility index (Phi) is 9.87. The fourth-order valence-electron chi connectivity index (χ4n) is 2.26. The Morgan fingerprint density at radius 1 is 1.33 bits per heavy atom. The van der Waals surface area contributed by atoms with Crippen LogP contribution in [0, 0.1) is 11.8 Å². The summed E-state index contributed by atoms with van der Waals surface area (Å²) in [5.74, 6) is 2.78. The monoisotopic (exact) mass is 367 g/mol. The van der Waals surface area contributed by atoms with Gasteiger partial charge in [-0.05, 0) is 37.5 Å². The zero-order valence-corrected chi connectivity index (χ0v) is 14.7. The average Bonchev–Trinajstić information content (AvgIpc) is 2.30. The van der Waals surface area contributed by atoms with Crippen molar-refractivity contribution in [1.29, 1.82) is 0 Å². The van der Waals surface area contributed by atoms with Crippen LogP contribution in [-0.4, -0.2) is 37.5 Å². The highest BCUT2D eigenvalue weighted by Crippen LogP contribution is 2.15. The average molecular weight is 367 g/mol. The van der Waals surface area contributed by atoms with Gasteiger partial charge in [-0.1, -0.05) is 20.8 Å². The number of guanidine groups is 1. The summed E-state index contributed by atoms with van der Waals surface area (Å²) >= 11 is 0. The quantitative estimate of drug-likeness (QED) is 0.357. The first-order valence-electron chi connectivity index (χ1n) is 7.09. The van der Waals surface area contributed by atoms with E-state index in [-0.39, 0.29) is 24.0 Å². The second kappa shape index (κ2) is 9.87. The molecule has 0 aromatic carbocycles. The molecule has 3 nitrogen and oxygen atoms in total. The molecule has 0 amide bonds. The minimum Gasteiger partial charge on any atom is -0.356 e. The minimum atomic E-state index is 0. The maximum absolute atomic E-state index is 4.38. The van der Waals surface area contributed by atoms with Gasteiger partial charge in [0.05, 0.1) is 0 Å². The fraction of sp³-hybridized carbons (Fsp3) is 0.929.